The summed E-state index contributed by atoms with van der Waals surface area (Å²) in [4.78, 5) is 0. The van der Waals surface area contributed by atoms with E-state index in [1.807, 2.05) is 6.07 Å². The maximum atomic E-state index is 13.6. The summed E-state index contributed by atoms with van der Waals surface area (Å²) in [5, 5.41) is 3.54. The third-order valence-corrected chi connectivity index (χ3v) is 4.78. The van der Waals surface area contributed by atoms with E-state index < -0.39 is 0 Å². The first-order chi connectivity index (χ1) is 10.2. The van der Waals surface area contributed by atoms with Crippen LogP contribution in [0.3, 0.4) is 0 Å². The van der Waals surface area contributed by atoms with Gasteiger partial charge in [-0.25, -0.2) is 4.39 Å². The normalized spacial score (nSPS) is 12.6. The molecule has 1 rings (SSSR count). The van der Waals surface area contributed by atoms with Crippen LogP contribution in [0.4, 0.5) is 4.39 Å². The predicted molar refractivity (Wildman–Crippen MR) is 93.3 cm³/mol. The molecule has 1 aromatic rings. The summed E-state index contributed by atoms with van der Waals surface area (Å²) < 4.78 is 14.2. The Kier molecular flexibility index (Phi) is 9.94. The molecule has 0 aromatic heterocycles. The summed E-state index contributed by atoms with van der Waals surface area (Å²) in [6.07, 6.45) is 9.99. The van der Waals surface area contributed by atoms with Gasteiger partial charge in [0, 0.05) is 6.04 Å². The average Bonchev–Trinajstić information content (AvgIpc) is 2.47. The largest absolute Gasteiger partial charge is 0.314 e. The highest BCUT2D eigenvalue weighted by molar-refractivity contribution is 9.10. The molecule has 1 aromatic carbocycles. The molecule has 1 N–H and O–H groups in total. The Bertz CT molecular complexity index is 395. The number of unbranched alkanes of at least 4 members (excludes halogenated alkanes) is 5. The molecule has 1 unspecified atom stereocenters. The van der Waals surface area contributed by atoms with Gasteiger partial charge in [0.2, 0.25) is 0 Å². The van der Waals surface area contributed by atoms with Crippen LogP contribution in [0.1, 0.15) is 64.4 Å². The van der Waals surface area contributed by atoms with Crippen LogP contribution in [-0.2, 0) is 6.42 Å². The van der Waals surface area contributed by atoms with Gasteiger partial charge in [0.05, 0.1) is 4.47 Å². The molecular formula is C18H29BrFN. The number of nitrogens with one attached hydrogen (secondary N) is 1. The lowest BCUT2D eigenvalue weighted by atomic mass is 9.99. The molecule has 120 valence electrons. The van der Waals surface area contributed by atoms with Gasteiger partial charge in [0.1, 0.15) is 5.82 Å². The molecule has 0 saturated heterocycles. The predicted octanol–water partition coefficient (Wildman–Crippen LogP) is 5.86. The van der Waals surface area contributed by atoms with E-state index in [2.05, 4.69) is 35.1 Å². The van der Waals surface area contributed by atoms with E-state index in [9.17, 15) is 4.39 Å². The van der Waals surface area contributed by atoms with Crippen LogP contribution >= 0.6 is 15.9 Å². The van der Waals surface area contributed by atoms with Gasteiger partial charge in [-0.2, -0.15) is 0 Å². The fraction of sp³-hybridized carbons (Fsp3) is 0.667. The smallest absolute Gasteiger partial charge is 0.137 e. The number of hydrogen-bond acceptors (Lipinski definition) is 1. The van der Waals surface area contributed by atoms with E-state index >= 15 is 0 Å². The van der Waals surface area contributed by atoms with Crippen molar-refractivity contribution in [3.63, 3.8) is 0 Å². The van der Waals surface area contributed by atoms with Crippen molar-refractivity contribution in [2.24, 2.45) is 0 Å². The summed E-state index contributed by atoms with van der Waals surface area (Å²) in [5.74, 6) is -0.165. The number of likely N-dealkylation sites (N-methyl/N-ethyl adjacent to an activating group) is 1. The number of halogens is 2. The summed E-state index contributed by atoms with van der Waals surface area (Å²) >= 11 is 3.37. The Morgan fingerprint density at radius 3 is 2.52 bits per heavy atom. The van der Waals surface area contributed by atoms with Gasteiger partial charge in [-0.1, -0.05) is 64.5 Å². The second-order valence-corrected chi connectivity index (χ2v) is 6.52. The van der Waals surface area contributed by atoms with Crippen LogP contribution < -0.4 is 5.32 Å². The van der Waals surface area contributed by atoms with Crippen LogP contribution in [0.25, 0.3) is 0 Å². The van der Waals surface area contributed by atoms with Crippen LogP contribution in [0.15, 0.2) is 22.7 Å². The molecule has 0 bridgehead atoms. The van der Waals surface area contributed by atoms with Crippen LogP contribution in [-0.4, -0.2) is 12.6 Å². The second-order valence-electron chi connectivity index (χ2n) is 5.73. The third kappa shape index (κ3) is 7.42. The second kappa shape index (κ2) is 11.2. The number of benzene rings is 1. The van der Waals surface area contributed by atoms with Gasteiger partial charge in [-0.3, -0.25) is 0 Å². The molecule has 0 amide bonds. The highest BCUT2D eigenvalue weighted by Gasteiger charge is 2.12. The summed E-state index contributed by atoms with van der Waals surface area (Å²) in [5.41, 5.74) is 1.06. The lowest BCUT2D eigenvalue weighted by Crippen LogP contribution is -2.31. The minimum atomic E-state index is -0.165. The van der Waals surface area contributed by atoms with Gasteiger partial charge in [-0.05, 0) is 46.9 Å². The van der Waals surface area contributed by atoms with Crippen LogP contribution in [0, 0.1) is 5.82 Å². The summed E-state index contributed by atoms with van der Waals surface area (Å²) in [6, 6.07) is 5.75. The Balaban J connectivity index is 2.40. The molecule has 21 heavy (non-hydrogen) atoms. The maximum absolute atomic E-state index is 13.6. The first-order valence-electron chi connectivity index (χ1n) is 8.35. The summed E-state index contributed by atoms with van der Waals surface area (Å²) in [7, 11) is 0. The standard InChI is InChI=1S/C18H29BrFN/c1-3-5-6-7-8-9-12-16(21-4-2)14-15-11-10-13-17(20)18(15)19/h10-11,13,16,21H,3-9,12,14H2,1-2H3. The zero-order valence-electron chi connectivity index (χ0n) is 13.4. The lowest BCUT2D eigenvalue weighted by molar-refractivity contribution is 0.458. The zero-order chi connectivity index (χ0) is 15.5. The first-order valence-corrected chi connectivity index (χ1v) is 9.14. The Hall–Kier alpha value is -0.410. The molecule has 1 nitrogen and oxygen atoms in total. The molecule has 0 aliphatic carbocycles. The molecule has 0 spiro atoms. The number of hydrogen-bond donors (Lipinski definition) is 1. The molecule has 1 atom stereocenters. The van der Waals surface area contributed by atoms with Crippen molar-refractivity contribution >= 4 is 15.9 Å². The zero-order valence-corrected chi connectivity index (χ0v) is 15.0. The van der Waals surface area contributed by atoms with Crippen molar-refractivity contribution in [2.75, 3.05) is 6.54 Å². The van der Waals surface area contributed by atoms with E-state index in [-0.39, 0.29) is 5.82 Å². The van der Waals surface area contributed by atoms with E-state index in [4.69, 9.17) is 0 Å². The fourth-order valence-corrected chi connectivity index (χ4v) is 3.13. The van der Waals surface area contributed by atoms with E-state index in [1.165, 1.54) is 51.0 Å². The average molecular weight is 358 g/mol. The van der Waals surface area contributed by atoms with Crippen molar-refractivity contribution < 1.29 is 4.39 Å². The quantitative estimate of drug-likeness (QED) is 0.489. The molecular weight excluding hydrogens is 329 g/mol. The fourth-order valence-electron chi connectivity index (χ4n) is 2.71. The van der Waals surface area contributed by atoms with E-state index in [0.717, 1.165) is 18.5 Å². The van der Waals surface area contributed by atoms with Crippen molar-refractivity contribution in [3.05, 3.63) is 34.1 Å². The van der Waals surface area contributed by atoms with Gasteiger partial charge in [0.15, 0.2) is 0 Å². The third-order valence-electron chi connectivity index (χ3n) is 3.90. The molecule has 0 aliphatic rings. The highest BCUT2D eigenvalue weighted by atomic mass is 79.9. The topological polar surface area (TPSA) is 12.0 Å². The minimum absolute atomic E-state index is 0.165. The minimum Gasteiger partial charge on any atom is -0.314 e. The van der Waals surface area contributed by atoms with Gasteiger partial charge in [-0.15, -0.1) is 0 Å². The Labute approximate surface area is 137 Å². The highest BCUT2D eigenvalue weighted by Crippen LogP contribution is 2.22. The first kappa shape index (κ1) is 18.6. The maximum Gasteiger partial charge on any atom is 0.137 e. The molecule has 0 fully saturated rings. The number of rotatable bonds is 11. The summed E-state index contributed by atoms with van der Waals surface area (Å²) in [6.45, 7) is 5.35. The van der Waals surface area contributed by atoms with Crippen molar-refractivity contribution in [1.29, 1.82) is 0 Å². The molecule has 3 heteroatoms. The molecule has 0 radical (unpaired) electrons. The monoisotopic (exact) mass is 357 g/mol. The SMILES string of the molecule is CCCCCCCCC(Cc1cccc(F)c1Br)NCC. The lowest BCUT2D eigenvalue weighted by Gasteiger charge is -2.19. The Morgan fingerprint density at radius 1 is 1.10 bits per heavy atom. The molecule has 0 aliphatic heterocycles. The van der Waals surface area contributed by atoms with Crippen molar-refractivity contribution in [1.82, 2.24) is 5.32 Å². The molecule has 0 heterocycles. The van der Waals surface area contributed by atoms with Crippen molar-refractivity contribution in [2.45, 2.75) is 71.3 Å². The van der Waals surface area contributed by atoms with Gasteiger partial charge < -0.3 is 5.32 Å². The van der Waals surface area contributed by atoms with Crippen molar-refractivity contribution in [3.8, 4) is 0 Å². The van der Waals surface area contributed by atoms with Gasteiger partial charge >= 0.3 is 0 Å². The molecule has 0 saturated carbocycles. The van der Waals surface area contributed by atoms with Gasteiger partial charge in [0.25, 0.3) is 0 Å². The van der Waals surface area contributed by atoms with E-state index in [0.29, 0.717) is 10.5 Å². The van der Waals surface area contributed by atoms with E-state index in [1.54, 1.807) is 6.07 Å². The Morgan fingerprint density at radius 2 is 1.81 bits per heavy atom. The van der Waals surface area contributed by atoms with Crippen LogP contribution in [0.2, 0.25) is 0 Å². The van der Waals surface area contributed by atoms with Crippen LogP contribution in [0.5, 0.6) is 0 Å².